The molecule has 10 heteroatoms. The van der Waals surface area contributed by atoms with Gasteiger partial charge in [0.25, 0.3) is 0 Å². The first kappa shape index (κ1) is 29.6. The molecule has 0 spiro atoms. The molecular weight excluding hydrogens is 329 g/mol. The summed E-state index contributed by atoms with van der Waals surface area (Å²) in [7, 11) is 0. The van der Waals surface area contributed by atoms with E-state index in [-0.39, 0.29) is 50.0 Å². The number of carbonyl (C=O) groups is 4. The predicted octanol–water partition coefficient (Wildman–Crippen LogP) is -7.67. The monoisotopic (exact) mass is 336 g/mol. The number of carboxylic acid groups (broad SMARTS) is 4. The predicted molar refractivity (Wildman–Crippen MR) is 34.0 cm³/mol. The number of carbonyl (C=O) groups excluding carboxylic acids is 3. The maximum Gasteiger partial charge on any atom is 2.00 e. The quantitative estimate of drug-likeness (QED) is 0.337. The molecule has 0 aromatic rings. The van der Waals surface area contributed by atoms with E-state index in [1.807, 2.05) is 0 Å². The van der Waals surface area contributed by atoms with Crippen LogP contribution in [-0.4, -0.2) is 29.0 Å². The standard InChI is InChI=1S/C2H2O4.2C2H4O2.Na.Pd/c3-1(4)2(5)6;2*1-2(3)4;;/h(H,3,4)(H,5,6);2*1H3,(H,3,4);;/q;;;+1;+2/p-3. The van der Waals surface area contributed by atoms with Gasteiger partial charge in [-0.3, -0.25) is 0 Å². The Labute approximate surface area is 127 Å². The summed E-state index contributed by atoms with van der Waals surface area (Å²) < 4.78 is 0. The third-order valence-electron chi connectivity index (χ3n) is 0.175. The van der Waals surface area contributed by atoms with Gasteiger partial charge < -0.3 is 34.8 Å². The Morgan fingerprint density at radius 2 is 0.938 bits per heavy atom. The van der Waals surface area contributed by atoms with Crippen molar-refractivity contribution >= 4 is 23.9 Å². The van der Waals surface area contributed by atoms with Crippen molar-refractivity contribution < 1.29 is 89.6 Å². The van der Waals surface area contributed by atoms with E-state index in [4.69, 9.17) is 39.6 Å². The third kappa shape index (κ3) is 170. The van der Waals surface area contributed by atoms with Crippen LogP contribution in [-0.2, 0) is 39.6 Å². The summed E-state index contributed by atoms with van der Waals surface area (Å²) in [6.45, 7) is 1.94. The van der Waals surface area contributed by atoms with Crippen molar-refractivity contribution in [1.29, 1.82) is 0 Å². The summed E-state index contributed by atoms with van der Waals surface area (Å²) in [6, 6.07) is 0. The van der Waals surface area contributed by atoms with Crippen molar-refractivity contribution in [2.45, 2.75) is 13.8 Å². The molecule has 90 valence electrons. The van der Waals surface area contributed by atoms with E-state index in [2.05, 4.69) is 0 Å². The Balaban J connectivity index is -0.0000000367. The molecule has 0 fully saturated rings. The number of aliphatic carboxylic acids is 4. The van der Waals surface area contributed by atoms with Gasteiger partial charge in [-0.25, -0.2) is 4.79 Å². The van der Waals surface area contributed by atoms with Gasteiger partial charge in [-0.05, 0) is 13.8 Å². The van der Waals surface area contributed by atoms with Crippen LogP contribution in [0, 0.1) is 0 Å². The third-order valence-corrected chi connectivity index (χ3v) is 0.175. The molecule has 0 aliphatic carbocycles. The molecule has 0 bridgehead atoms. The Kier molecular flexibility index (Phi) is 37.0. The number of hydrogen-bond acceptors (Lipinski definition) is 7. The molecule has 1 N–H and O–H groups in total. The molecule has 0 aliphatic heterocycles. The molecular formula is C6H7NaO8Pd. The number of carboxylic acids is 4. The average Bonchev–Trinajstić information content (AvgIpc) is 1.83. The van der Waals surface area contributed by atoms with E-state index in [0.29, 0.717) is 0 Å². The first-order chi connectivity index (χ1) is 6.11. The van der Waals surface area contributed by atoms with Gasteiger partial charge in [-0.15, -0.1) is 0 Å². The Morgan fingerprint density at radius 1 is 0.875 bits per heavy atom. The van der Waals surface area contributed by atoms with Crippen LogP contribution in [0.4, 0.5) is 0 Å². The molecule has 0 amide bonds. The van der Waals surface area contributed by atoms with Gasteiger partial charge in [0.05, 0.1) is 0 Å². The van der Waals surface area contributed by atoms with Crippen LogP contribution < -0.4 is 44.9 Å². The zero-order valence-electron chi connectivity index (χ0n) is 8.62. The van der Waals surface area contributed by atoms with Gasteiger partial charge in [0.1, 0.15) is 0 Å². The first-order valence-electron chi connectivity index (χ1n) is 2.90. The summed E-state index contributed by atoms with van der Waals surface area (Å²) in [6.07, 6.45) is 0. The zero-order valence-corrected chi connectivity index (χ0v) is 12.2. The molecule has 0 heterocycles. The van der Waals surface area contributed by atoms with Gasteiger partial charge in [0.2, 0.25) is 0 Å². The second-order valence-corrected chi connectivity index (χ2v) is 1.58. The number of rotatable bonds is 0. The topological polar surface area (TPSA) is 158 Å². The molecule has 0 saturated carbocycles. The summed E-state index contributed by atoms with van der Waals surface area (Å²) >= 11 is 0. The fourth-order valence-electron chi connectivity index (χ4n) is 0. The van der Waals surface area contributed by atoms with Crippen LogP contribution in [0.3, 0.4) is 0 Å². The van der Waals surface area contributed by atoms with Crippen molar-refractivity contribution in [2.75, 3.05) is 0 Å². The molecule has 0 saturated heterocycles. The average molecular weight is 337 g/mol. The van der Waals surface area contributed by atoms with Crippen LogP contribution in [0.15, 0.2) is 0 Å². The van der Waals surface area contributed by atoms with Crippen LogP contribution in [0.1, 0.15) is 13.8 Å². The fourth-order valence-corrected chi connectivity index (χ4v) is 0. The summed E-state index contributed by atoms with van der Waals surface area (Å²) in [4.78, 5) is 35.8. The van der Waals surface area contributed by atoms with Crippen molar-refractivity contribution in [2.24, 2.45) is 0 Å². The van der Waals surface area contributed by atoms with Gasteiger partial charge in [-0.1, -0.05) is 0 Å². The van der Waals surface area contributed by atoms with Gasteiger partial charge in [-0.2, -0.15) is 0 Å². The number of hydrogen-bond donors (Lipinski definition) is 1. The minimum Gasteiger partial charge on any atom is -0.550 e. The SMILES string of the molecule is CC(=O)[O-].CC(=O)[O-].O=C([O-])C(=O)O.[Na+].[Pd+2]. The van der Waals surface area contributed by atoms with Crippen LogP contribution in [0.5, 0.6) is 0 Å². The summed E-state index contributed by atoms with van der Waals surface area (Å²) in [5.74, 6) is -6.18. The van der Waals surface area contributed by atoms with Crippen LogP contribution in [0.25, 0.3) is 0 Å². The van der Waals surface area contributed by atoms with Crippen molar-refractivity contribution in [3.05, 3.63) is 0 Å². The smallest absolute Gasteiger partial charge is 0.550 e. The maximum atomic E-state index is 9.04. The Bertz CT molecular complexity index is 197. The molecule has 0 aromatic heterocycles. The van der Waals surface area contributed by atoms with Crippen molar-refractivity contribution in [3.63, 3.8) is 0 Å². The van der Waals surface area contributed by atoms with E-state index >= 15 is 0 Å². The zero-order chi connectivity index (χ0) is 12.3. The molecule has 0 radical (unpaired) electrons. The van der Waals surface area contributed by atoms with Gasteiger partial charge in [0, 0.05) is 11.9 Å². The molecule has 0 unspecified atom stereocenters. The van der Waals surface area contributed by atoms with E-state index in [9.17, 15) is 0 Å². The van der Waals surface area contributed by atoms with Gasteiger partial charge in [0.15, 0.2) is 5.97 Å². The molecule has 0 atom stereocenters. The normalized spacial score (nSPS) is 5.88. The van der Waals surface area contributed by atoms with E-state index < -0.39 is 23.9 Å². The molecule has 0 aromatic carbocycles. The summed E-state index contributed by atoms with van der Waals surface area (Å²) in [5.41, 5.74) is 0. The molecule has 16 heavy (non-hydrogen) atoms. The van der Waals surface area contributed by atoms with E-state index in [1.165, 1.54) is 0 Å². The minimum atomic E-state index is -2.07. The van der Waals surface area contributed by atoms with E-state index in [0.717, 1.165) is 13.8 Å². The molecule has 0 rings (SSSR count). The minimum absolute atomic E-state index is 0. The largest absolute Gasteiger partial charge is 2.00 e. The second-order valence-electron chi connectivity index (χ2n) is 1.58. The van der Waals surface area contributed by atoms with Crippen molar-refractivity contribution in [3.8, 4) is 0 Å². The van der Waals surface area contributed by atoms with Gasteiger partial charge >= 0.3 is 55.9 Å². The second kappa shape index (κ2) is 20.0. The Morgan fingerprint density at radius 3 is 0.938 bits per heavy atom. The Hall–Kier alpha value is -0.458. The van der Waals surface area contributed by atoms with Crippen LogP contribution in [0.2, 0.25) is 0 Å². The fraction of sp³-hybridized carbons (Fsp3) is 0.333. The molecule has 8 nitrogen and oxygen atoms in total. The maximum absolute atomic E-state index is 9.04. The summed E-state index contributed by atoms with van der Waals surface area (Å²) in [5, 5.41) is 34.1. The van der Waals surface area contributed by atoms with Crippen molar-refractivity contribution in [1.82, 2.24) is 0 Å². The van der Waals surface area contributed by atoms with E-state index in [1.54, 1.807) is 0 Å². The van der Waals surface area contributed by atoms with Crippen LogP contribution >= 0.6 is 0 Å². The molecule has 0 aliphatic rings. The first-order valence-corrected chi connectivity index (χ1v) is 2.90.